The van der Waals surface area contributed by atoms with Crippen LogP contribution in [0.5, 0.6) is 0 Å². The Morgan fingerprint density at radius 3 is 2.58 bits per heavy atom. The van der Waals surface area contributed by atoms with E-state index in [9.17, 15) is 14.4 Å². The lowest BCUT2D eigenvalue weighted by Gasteiger charge is -2.11. The molecule has 0 spiro atoms. The standard InChI is InChI=1S/C12H20N4O3/c1-5-6-7-8(2)10(17)13-9-11(18)15(3)12(19)16(4)14-9/h8H,5-7H2,1-4H3,(H,13,14,17). The minimum absolute atomic E-state index is 0.113. The maximum absolute atomic E-state index is 11.9. The Morgan fingerprint density at radius 2 is 2.00 bits per heavy atom. The van der Waals surface area contributed by atoms with Crippen molar-refractivity contribution in [1.29, 1.82) is 0 Å². The van der Waals surface area contributed by atoms with E-state index >= 15 is 0 Å². The van der Waals surface area contributed by atoms with Crippen LogP contribution in [-0.4, -0.2) is 20.3 Å². The summed E-state index contributed by atoms with van der Waals surface area (Å²) in [4.78, 5) is 35.1. The highest BCUT2D eigenvalue weighted by atomic mass is 16.2. The number of amides is 1. The number of nitrogens with zero attached hydrogens (tertiary/aromatic N) is 3. The van der Waals surface area contributed by atoms with Crippen LogP contribution in [0.1, 0.15) is 33.1 Å². The zero-order chi connectivity index (χ0) is 14.6. The van der Waals surface area contributed by atoms with Gasteiger partial charge in [0.2, 0.25) is 11.7 Å². The highest BCUT2D eigenvalue weighted by molar-refractivity contribution is 5.91. The second kappa shape index (κ2) is 6.31. The van der Waals surface area contributed by atoms with Crippen molar-refractivity contribution in [3.8, 4) is 0 Å². The topological polar surface area (TPSA) is 86.0 Å². The number of aromatic nitrogens is 3. The first kappa shape index (κ1) is 15.1. The van der Waals surface area contributed by atoms with Gasteiger partial charge in [0.1, 0.15) is 0 Å². The Balaban J connectivity index is 2.92. The molecule has 0 aromatic carbocycles. The van der Waals surface area contributed by atoms with Crippen molar-refractivity contribution >= 4 is 11.7 Å². The number of unbranched alkanes of at least 4 members (excludes halogenated alkanes) is 1. The minimum atomic E-state index is -0.598. The lowest BCUT2D eigenvalue weighted by molar-refractivity contribution is -0.119. The van der Waals surface area contributed by atoms with Crippen LogP contribution in [0.2, 0.25) is 0 Å². The van der Waals surface area contributed by atoms with Crippen molar-refractivity contribution in [2.24, 2.45) is 20.0 Å². The van der Waals surface area contributed by atoms with Crippen LogP contribution < -0.4 is 16.6 Å². The van der Waals surface area contributed by atoms with Gasteiger partial charge in [-0.2, -0.15) is 0 Å². The number of hydrogen-bond donors (Lipinski definition) is 1. The molecule has 0 radical (unpaired) electrons. The number of nitrogens with one attached hydrogen (secondary N) is 1. The number of hydrogen-bond acceptors (Lipinski definition) is 4. The number of rotatable bonds is 5. The molecule has 1 N–H and O–H groups in total. The second-order valence-electron chi connectivity index (χ2n) is 4.65. The van der Waals surface area contributed by atoms with E-state index in [0.29, 0.717) is 0 Å². The van der Waals surface area contributed by atoms with Crippen LogP contribution in [0.3, 0.4) is 0 Å². The van der Waals surface area contributed by atoms with Crippen molar-refractivity contribution in [1.82, 2.24) is 14.3 Å². The van der Waals surface area contributed by atoms with Crippen molar-refractivity contribution in [3.63, 3.8) is 0 Å². The first-order chi connectivity index (χ1) is 8.88. The Hall–Kier alpha value is -1.92. The zero-order valence-corrected chi connectivity index (χ0v) is 11.8. The van der Waals surface area contributed by atoms with Crippen LogP contribution in [0.25, 0.3) is 0 Å². The third-order valence-electron chi connectivity index (χ3n) is 3.00. The van der Waals surface area contributed by atoms with E-state index in [1.807, 2.05) is 0 Å². The fourth-order valence-corrected chi connectivity index (χ4v) is 1.66. The molecule has 0 saturated heterocycles. The normalized spacial score (nSPS) is 12.2. The monoisotopic (exact) mass is 268 g/mol. The molecule has 1 aromatic heterocycles. The van der Waals surface area contributed by atoms with Crippen molar-refractivity contribution in [2.45, 2.75) is 33.1 Å². The third kappa shape index (κ3) is 3.52. The lowest BCUT2D eigenvalue weighted by atomic mass is 10.0. The van der Waals surface area contributed by atoms with Crippen molar-refractivity contribution in [2.75, 3.05) is 5.32 Å². The molecule has 1 amide bonds. The van der Waals surface area contributed by atoms with Crippen LogP contribution in [0.4, 0.5) is 5.82 Å². The molecule has 1 atom stereocenters. The smallest absolute Gasteiger partial charge is 0.304 e. The van der Waals surface area contributed by atoms with E-state index in [1.165, 1.54) is 14.1 Å². The molecule has 106 valence electrons. The van der Waals surface area contributed by atoms with Crippen molar-refractivity contribution < 1.29 is 4.79 Å². The van der Waals surface area contributed by atoms with Gasteiger partial charge in [-0.25, -0.2) is 9.48 Å². The van der Waals surface area contributed by atoms with Gasteiger partial charge >= 0.3 is 5.69 Å². The SMILES string of the molecule is CCCCC(C)C(=O)Nc1nn(C)c(=O)n(C)c1=O. The molecule has 0 saturated carbocycles. The molecule has 0 aliphatic heterocycles. The number of aryl methyl sites for hydroxylation is 1. The van der Waals surface area contributed by atoms with Gasteiger partial charge in [-0.05, 0) is 6.42 Å². The average Bonchev–Trinajstić information content (AvgIpc) is 2.39. The molecule has 0 aliphatic carbocycles. The molecule has 7 nitrogen and oxygen atoms in total. The van der Waals surface area contributed by atoms with Crippen LogP contribution in [-0.2, 0) is 18.9 Å². The fraction of sp³-hybridized carbons (Fsp3) is 0.667. The Kier molecular flexibility index (Phi) is 5.02. The number of carbonyl (C=O) groups is 1. The van der Waals surface area contributed by atoms with Crippen LogP contribution >= 0.6 is 0 Å². The predicted octanol–water partition coefficient (Wildman–Crippen LogP) is 0.244. The molecule has 0 fully saturated rings. The summed E-state index contributed by atoms with van der Waals surface area (Å²) >= 11 is 0. The van der Waals surface area contributed by atoms with E-state index < -0.39 is 11.2 Å². The summed E-state index contributed by atoms with van der Waals surface area (Å²) in [5.74, 6) is -0.557. The molecule has 1 unspecified atom stereocenters. The summed E-state index contributed by atoms with van der Waals surface area (Å²) in [7, 11) is 2.78. The molecule has 0 aliphatic rings. The minimum Gasteiger partial charge on any atom is -0.304 e. The quantitative estimate of drug-likeness (QED) is 0.829. The van der Waals surface area contributed by atoms with E-state index in [1.54, 1.807) is 6.92 Å². The fourth-order valence-electron chi connectivity index (χ4n) is 1.66. The highest BCUT2D eigenvalue weighted by Crippen LogP contribution is 2.09. The maximum atomic E-state index is 11.9. The van der Waals surface area contributed by atoms with Crippen LogP contribution in [0.15, 0.2) is 9.59 Å². The summed E-state index contributed by atoms with van der Waals surface area (Å²) in [6.45, 7) is 3.85. The summed E-state index contributed by atoms with van der Waals surface area (Å²) in [5, 5.41) is 6.26. The number of anilines is 1. The Labute approximate surface area is 111 Å². The Bertz CT molecular complexity index is 573. The molecule has 19 heavy (non-hydrogen) atoms. The molecular weight excluding hydrogens is 248 g/mol. The van der Waals surface area contributed by atoms with Gasteiger partial charge in [-0.1, -0.05) is 26.7 Å². The van der Waals surface area contributed by atoms with Gasteiger partial charge in [0.15, 0.2) is 0 Å². The lowest BCUT2D eigenvalue weighted by Crippen LogP contribution is -2.41. The van der Waals surface area contributed by atoms with Gasteiger partial charge in [0.25, 0.3) is 5.56 Å². The predicted molar refractivity (Wildman–Crippen MR) is 72.0 cm³/mol. The van der Waals surface area contributed by atoms with Crippen LogP contribution in [0, 0.1) is 5.92 Å². The second-order valence-corrected chi connectivity index (χ2v) is 4.65. The largest absolute Gasteiger partial charge is 0.346 e. The maximum Gasteiger partial charge on any atom is 0.346 e. The average molecular weight is 268 g/mol. The van der Waals surface area contributed by atoms with Gasteiger partial charge in [-0.3, -0.25) is 14.2 Å². The third-order valence-corrected chi connectivity index (χ3v) is 3.00. The van der Waals surface area contributed by atoms with E-state index in [0.717, 1.165) is 28.5 Å². The zero-order valence-electron chi connectivity index (χ0n) is 11.8. The van der Waals surface area contributed by atoms with Gasteiger partial charge in [-0.15, -0.1) is 5.10 Å². The molecule has 1 rings (SSSR count). The molecule has 1 heterocycles. The summed E-state index contributed by atoms with van der Waals surface area (Å²) in [6, 6.07) is 0. The first-order valence-corrected chi connectivity index (χ1v) is 6.33. The summed E-state index contributed by atoms with van der Waals surface area (Å²) in [6.07, 6.45) is 2.72. The van der Waals surface area contributed by atoms with Gasteiger partial charge < -0.3 is 5.32 Å². The molecular formula is C12H20N4O3. The number of carbonyl (C=O) groups excluding carboxylic acids is 1. The van der Waals surface area contributed by atoms with E-state index in [4.69, 9.17) is 0 Å². The summed E-state index contributed by atoms with van der Waals surface area (Å²) in [5.41, 5.74) is -1.12. The molecule has 0 bridgehead atoms. The summed E-state index contributed by atoms with van der Waals surface area (Å²) < 4.78 is 1.94. The van der Waals surface area contributed by atoms with Gasteiger partial charge in [0, 0.05) is 20.0 Å². The molecule has 1 aromatic rings. The first-order valence-electron chi connectivity index (χ1n) is 6.33. The van der Waals surface area contributed by atoms with Gasteiger partial charge in [0.05, 0.1) is 0 Å². The Morgan fingerprint density at radius 1 is 1.37 bits per heavy atom. The van der Waals surface area contributed by atoms with E-state index in [-0.39, 0.29) is 17.6 Å². The van der Waals surface area contributed by atoms with Crippen molar-refractivity contribution in [3.05, 3.63) is 20.8 Å². The van der Waals surface area contributed by atoms with E-state index in [2.05, 4.69) is 17.3 Å². The highest BCUT2D eigenvalue weighted by Gasteiger charge is 2.16. The molecule has 7 heteroatoms.